The van der Waals surface area contributed by atoms with E-state index in [0.29, 0.717) is 24.6 Å². The largest absolute Gasteiger partial charge is 0.478 e. The third-order valence-corrected chi connectivity index (χ3v) is 2.15. The van der Waals surface area contributed by atoms with Gasteiger partial charge in [0.15, 0.2) is 0 Å². The molecule has 0 bridgehead atoms. The van der Waals surface area contributed by atoms with Crippen LogP contribution in [-0.2, 0) is 9.53 Å². The number of rotatable bonds is 9. The van der Waals surface area contributed by atoms with Gasteiger partial charge in [-0.2, -0.15) is 0 Å². The molecule has 94 valence electrons. The van der Waals surface area contributed by atoms with Gasteiger partial charge in [0, 0.05) is 25.3 Å². The molecule has 0 heterocycles. The topological polar surface area (TPSA) is 58.6 Å². The lowest BCUT2D eigenvalue weighted by Crippen LogP contribution is -2.20. The van der Waals surface area contributed by atoms with Crippen molar-refractivity contribution >= 4 is 5.97 Å². The second kappa shape index (κ2) is 9.36. The monoisotopic (exact) mass is 229 g/mol. The van der Waals surface area contributed by atoms with Crippen molar-refractivity contribution in [3.05, 3.63) is 11.6 Å². The molecule has 0 unspecified atom stereocenters. The maximum atomic E-state index is 10.4. The number of carboxylic acid groups (broad SMARTS) is 1. The maximum Gasteiger partial charge on any atom is 0.330 e. The van der Waals surface area contributed by atoms with E-state index in [1.54, 1.807) is 13.0 Å². The van der Waals surface area contributed by atoms with E-state index in [9.17, 15) is 4.79 Å². The van der Waals surface area contributed by atoms with Crippen LogP contribution in [0.4, 0.5) is 0 Å². The molecule has 0 saturated heterocycles. The zero-order chi connectivity index (χ0) is 12.4. The Hall–Kier alpha value is -0.870. The molecule has 0 aromatic heterocycles. The summed E-state index contributed by atoms with van der Waals surface area (Å²) < 4.78 is 5.40. The summed E-state index contributed by atoms with van der Waals surface area (Å²) in [5.74, 6) is -0.191. The molecular weight excluding hydrogens is 206 g/mol. The van der Waals surface area contributed by atoms with Crippen molar-refractivity contribution in [3.8, 4) is 0 Å². The summed E-state index contributed by atoms with van der Waals surface area (Å²) >= 11 is 0. The molecule has 0 amide bonds. The minimum atomic E-state index is -0.866. The molecule has 0 aliphatic carbocycles. The molecule has 2 N–H and O–H groups in total. The smallest absolute Gasteiger partial charge is 0.330 e. The third kappa shape index (κ3) is 9.68. The van der Waals surface area contributed by atoms with Gasteiger partial charge < -0.3 is 15.2 Å². The molecule has 0 rings (SSSR count). The van der Waals surface area contributed by atoms with Crippen molar-refractivity contribution in [2.24, 2.45) is 5.92 Å². The van der Waals surface area contributed by atoms with Crippen LogP contribution in [0.2, 0.25) is 0 Å². The average molecular weight is 229 g/mol. The van der Waals surface area contributed by atoms with E-state index in [1.807, 2.05) is 0 Å². The summed E-state index contributed by atoms with van der Waals surface area (Å²) in [6, 6.07) is 0. The molecule has 4 nitrogen and oxygen atoms in total. The molecule has 0 aliphatic rings. The van der Waals surface area contributed by atoms with Gasteiger partial charge in [0.25, 0.3) is 0 Å². The standard InChI is InChI=1S/C12H23NO3/c1-10(2)5-8-16-9-7-13-6-4-11(3)12(14)15/h4,10,13H,5-9H2,1-3H3,(H,14,15)/b11-4-. The van der Waals surface area contributed by atoms with Gasteiger partial charge >= 0.3 is 5.97 Å². The van der Waals surface area contributed by atoms with Crippen LogP contribution in [0.3, 0.4) is 0 Å². The molecule has 0 aromatic rings. The van der Waals surface area contributed by atoms with Crippen molar-refractivity contribution in [2.45, 2.75) is 27.2 Å². The van der Waals surface area contributed by atoms with Gasteiger partial charge in [0.1, 0.15) is 0 Å². The van der Waals surface area contributed by atoms with Crippen molar-refractivity contribution in [1.82, 2.24) is 5.32 Å². The summed E-state index contributed by atoms with van der Waals surface area (Å²) in [5, 5.41) is 11.7. The highest BCUT2D eigenvalue weighted by molar-refractivity contribution is 5.85. The number of ether oxygens (including phenoxy) is 1. The Bertz CT molecular complexity index is 224. The zero-order valence-electron chi connectivity index (χ0n) is 10.5. The van der Waals surface area contributed by atoms with Crippen LogP contribution in [0.25, 0.3) is 0 Å². The first-order chi connectivity index (χ1) is 7.54. The zero-order valence-corrected chi connectivity index (χ0v) is 10.5. The summed E-state index contributed by atoms with van der Waals surface area (Å²) in [4.78, 5) is 10.4. The molecular formula is C12H23NO3. The summed E-state index contributed by atoms with van der Waals surface area (Å²) in [6.45, 7) is 8.72. The molecule has 0 atom stereocenters. The van der Waals surface area contributed by atoms with E-state index in [2.05, 4.69) is 19.2 Å². The summed E-state index contributed by atoms with van der Waals surface area (Å²) in [6.07, 6.45) is 2.74. The van der Waals surface area contributed by atoms with Gasteiger partial charge in [-0.05, 0) is 19.3 Å². The fourth-order valence-electron chi connectivity index (χ4n) is 0.980. The van der Waals surface area contributed by atoms with Gasteiger partial charge in [-0.25, -0.2) is 4.79 Å². The number of aliphatic carboxylic acids is 1. The molecule has 0 spiro atoms. The Labute approximate surface area is 97.7 Å². The van der Waals surface area contributed by atoms with Crippen LogP contribution in [0.1, 0.15) is 27.2 Å². The lowest BCUT2D eigenvalue weighted by molar-refractivity contribution is -0.132. The van der Waals surface area contributed by atoms with Crippen LogP contribution in [0, 0.1) is 5.92 Å². The SMILES string of the molecule is C/C(=C/CNCCOCCC(C)C)C(=O)O. The number of carboxylic acids is 1. The van der Waals surface area contributed by atoms with Crippen LogP contribution in [0.15, 0.2) is 11.6 Å². The molecule has 0 aromatic carbocycles. The van der Waals surface area contributed by atoms with E-state index in [0.717, 1.165) is 19.6 Å². The molecule has 0 fully saturated rings. The molecule has 0 radical (unpaired) electrons. The fraction of sp³-hybridized carbons (Fsp3) is 0.750. The fourth-order valence-corrected chi connectivity index (χ4v) is 0.980. The third-order valence-electron chi connectivity index (χ3n) is 2.15. The second-order valence-electron chi connectivity index (χ2n) is 4.19. The van der Waals surface area contributed by atoms with Crippen LogP contribution in [0.5, 0.6) is 0 Å². The number of hydrogen-bond donors (Lipinski definition) is 2. The Morgan fingerprint density at radius 1 is 1.44 bits per heavy atom. The molecule has 4 heteroatoms. The Morgan fingerprint density at radius 2 is 2.12 bits per heavy atom. The molecule has 0 saturated carbocycles. The van der Waals surface area contributed by atoms with E-state index in [1.165, 1.54) is 0 Å². The predicted octanol–water partition coefficient (Wildman–Crippen LogP) is 1.67. The van der Waals surface area contributed by atoms with Crippen LogP contribution in [-0.4, -0.2) is 37.4 Å². The van der Waals surface area contributed by atoms with E-state index in [4.69, 9.17) is 9.84 Å². The first kappa shape index (κ1) is 15.1. The first-order valence-corrected chi connectivity index (χ1v) is 5.72. The first-order valence-electron chi connectivity index (χ1n) is 5.72. The lowest BCUT2D eigenvalue weighted by Gasteiger charge is -2.06. The highest BCUT2D eigenvalue weighted by Gasteiger charge is 1.97. The predicted molar refractivity (Wildman–Crippen MR) is 64.5 cm³/mol. The lowest BCUT2D eigenvalue weighted by atomic mass is 10.1. The van der Waals surface area contributed by atoms with E-state index >= 15 is 0 Å². The van der Waals surface area contributed by atoms with Gasteiger partial charge in [0.05, 0.1) is 6.61 Å². The minimum Gasteiger partial charge on any atom is -0.478 e. The molecule has 0 aliphatic heterocycles. The number of hydrogen-bond acceptors (Lipinski definition) is 3. The van der Waals surface area contributed by atoms with Crippen molar-refractivity contribution in [2.75, 3.05) is 26.3 Å². The number of nitrogens with one attached hydrogen (secondary N) is 1. The quantitative estimate of drug-likeness (QED) is 0.466. The van der Waals surface area contributed by atoms with Crippen LogP contribution >= 0.6 is 0 Å². The van der Waals surface area contributed by atoms with Crippen molar-refractivity contribution in [1.29, 1.82) is 0 Å². The second-order valence-corrected chi connectivity index (χ2v) is 4.19. The van der Waals surface area contributed by atoms with Gasteiger partial charge in [-0.1, -0.05) is 19.9 Å². The number of carbonyl (C=O) groups is 1. The highest BCUT2D eigenvalue weighted by atomic mass is 16.5. The Kier molecular flexibility index (Phi) is 8.85. The van der Waals surface area contributed by atoms with Crippen LogP contribution < -0.4 is 5.32 Å². The van der Waals surface area contributed by atoms with Gasteiger partial charge in [0.2, 0.25) is 0 Å². The molecule has 16 heavy (non-hydrogen) atoms. The van der Waals surface area contributed by atoms with Crippen molar-refractivity contribution in [3.63, 3.8) is 0 Å². The average Bonchev–Trinajstić information content (AvgIpc) is 2.21. The highest BCUT2D eigenvalue weighted by Crippen LogP contribution is 1.98. The minimum absolute atomic E-state index is 0.369. The van der Waals surface area contributed by atoms with Crippen molar-refractivity contribution < 1.29 is 14.6 Å². The van der Waals surface area contributed by atoms with E-state index in [-0.39, 0.29) is 0 Å². The normalized spacial score (nSPS) is 12.1. The Morgan fingerprint density at radius 3 is 2.69 bits per heavy atom. The summed E-state index contributed by atoms with van der Waals surface area (Å²) in [5.41, 5.74) is 0.369. The maximum absolute atomic E-state index is 10.4. The Balaban J connectivity index is 3.28. The van der Waals surface area contributed by atoms with Gasteiger partial charge in [-0.3, -0.25) is 0 Å². The van der Waals surface area contributed by atoms with Gasteiger partial charge in [-0.15, -0.1) is 0 Å². The van der Waals surface area contributed by atoms with E-state index < -0.39 is 5.97 Å². The summed E-state index contributed by atoms with van der Waals surface area (Å²) in [7, 11) is 0.